The molecule has 28 heavy (non-hydrogen) atoms. The Labute approximate surface area is 165 Å². The number of carbonyl (C=O) groups is 1. The van der Waals surface area contributed by atoms with Gasteiger partial charge >= 0.3 is 0 Å². The third kappa shape index (κ3) is 2.90. The standard InChI is InChI=1S/C25H25NO2/c1-16-13-20(9-11-21(16)18-5-3-2-4-6-18)25-23-12-8-19-14-17(15-27)7-10-22(19)24(23)26-28-25/h7,9-11,13-15,18H,2-6,8,12H2,1H3. The second-order valence-electron chi connectivity index (χ2n) is 8.28. The lowest BCUT2D eigenvalue weighted by Gasteiger charge is -2.24. The highest BCUT2D eigenvalue weighted by atomic mass is 16.5. The van der Waals surface area contributed by atoms with Crippen molar-refractivity contribution in [2.45, 2.75) is 57.8 Å². The molecule has 3 heteroatoms. The molecule has 142 valence electrons. The number of rotatable bonds is 3. The van der Waals surface area contributed by atoms with Crippen LogP contribution in [0.4, 0.5) is 0 Å². The van der Waals surface area contributed by atoms with Crippen LogP contribution >= 0.6 is 0 Å². The summed E-state index contributed by atoms with van der Waals surface area (Å²) < 4.78 is 5.84. The number of hydrogen-bond donors (Lipinski definition) is 0. The molecule has 3 nitrogen and oxygen atoms in total. The fraction of sp³-hybridized carbons (Fsp3) is 0.360. The molecular weight excluding hydrogens is 346 g/mol. The molecule has 5 rings (SSSR count). The molecule has 0 unspecified atom stereocenters. The highest BCUT2D eigenvalue weighted by Gasteiger charge is 2.26. The number of benzene rings is 2. The summed E-state index contributed by atoms with van der Waals surface area (Å²) in [5.74, 6) is 1.61. The zero-order valence-electron chi connectivity index (χ0n) is 16.3. The normalized spacial score (nSPS) is 16.5. The molecule has 0 atom stereocenters. The Kier molecular flexibility index (Phi) is 4.38. The third-order valence-corrected chi connectivity index (χ3v) is 6.53. The third-order valence-electron chi connectivity index (χ3n) is 6.53. The summed E-state index contributed by atoms with van der Waals surface area (Å²) >= 11 is 0. The number of hydrogen-bond acceptors (Lipinski definition) is 3. The first-order valence-electron chi connectivity index (χ1n) is 10.4. The van der Waals surface area contributed by atoms with E-state index >= 15 is 0 Å². The van der Waals surface area contributed by atoms with Crippen LogP contribution in [0.1, 0.15) is 70.6 Å². The Balaban J connectivity index is 1.51. The monoisotopic (exact) mass is 371 g/mol. The molecule has 0 radical (unpaired) electrons. The van der Waals surface area contributed by atoms with E-state index in [2.05, 4.69) is 30.3 Å². The lowest BCUT2D eigenvalue weighted by Crippen LogP contribution is -2.06. The van der Waals surface area contributed by atoms with E-state index in [1.54, 1.807) is 0 Å². The van der Waals surface area contributed by atoms with Crippen molar-refractivity contribution >= 4 is 6.29 Å². The lowest BCUT2D eigenvalue weighted by molar-refractivity contribution is 0.112. The van der Waals surface area contributed by atoms with Crippen molar-refractivity contribution in [3.05, 3.63) is 64.2 Å². The Morgan fingerprint density at radius 2 is 1.89 bits per heavy atom. The number of aromatic nitrogens is 1. The molecule has 3 aromatic rings. The van der Waals surface area contributed by atoms with Crippen LogP contribution < -0.4 is 0 Å². The lowest BCUT2D eigenvalue weighted by atomic mass is 9.81. The van der Waals surface area contributed by atoms with Crippen molar-refractivity contribution in [1.29, 1.82) is 0 Å². The van der Waals surface area contributed by atoms with Gasteiger partial charge in [-0.25, -0.2) is 0 Å². The van der Waals surface area contributed by atoms with Gasteiger partial charge in [-0.1, -0.05) is 48.7 Å². The maximum atomic E-state index is 11.1. The molecule has 1 saturated carbocycles. The maximum Gasteiger partial charge on any atom is 0.170 e. The summed E-state index contributed by atoms with van der Waals surface area (Å²) in [4.78, 5) is 11.1. The topological polar surface area (TPSA) is 43.1 Å². The second-order valence-corrected chi connectivity index (χ2v) is 8.28. The molecular formula is C25H25NO2. The van der Waals surface area contributed by atoms with Crippen LogP contribution in [0.15, 0.2) is 40.9 Å². The van der Waals surface area contributed by atoms with E-state index in [1.807, 2.05) is 18.2 Å². The first-order valence-corrected chi connectivity index (χ1v) is 10.4. The van der Waals surface area contributed by atoms with Crippen LogP contribution in [0.3, 0.4) is 0 Å². The molecule has 0 bridgehead atoms. The predicted molar refractivity (Wildman–Crippen MR) is 111 cm³/mol. The second kappa shape index (κ2) is 7.05. The van der Waals surface area contributed by atoms with Gasteiger partial charge in [-0.2, -0.15) is 0 Å². The van der Waals surface area contributed by atoms with Gasteiger partial charge in [-0.05, 0) is 67.3 Å². The van der Waals surface area contributed by atoms with Crippen molar-refractivity contribution < 1.29 is 9.32 Å². The van der Waals surface area contributed by atoms with Crippen LogP contribution in [-0.2, 0) is 12.8 Å². The van der Waals surface area contributed by atoms with E-state index in [9.17, 15) is 4.79 Å². The predicted octanol–water partition coefficient (Wildman–Crippen LogP) is 6.28. The highest BCUT2D eigenvalue weighted by molar-refractivity contribution is 5.81. The summed E-state index contributed by atoms with van der Waals surface area (Å²) in [5, 5.41) is 4.41. The number of nitrogens with zero attached hydrogens (tertiary/aromatic N) is 1. The van der Waals surface area contributed by atoms with Gasteiger partial charge in [0.05, 0.1) is 0 Å². The zero-order chi connectivity index (χ0) is 19.1. The Morgan fingerprint density at radius 3 is 2.68 bits per heavy atom. The van der Waals surface area contributed by atoms with Gasteiger partial charge in [0.1, 0.15) is 12.0 Å². The van der Waals surface area contributed by atoms with Gasteiger partial charge in [0.25, 0.3) is 0 Å². The SMILES string of the molecule is Cc1cc(-c2onc3c2CCc2cc(C=O)ccc2-3)ccc1C1CCCCC1. The molecule has 2 aliphatic carbocycles. The van der Waals surface area contributed by atoms with Gasteiger partial charge in [0, 0.05) is 22.3 Å². The van der Waals surface area contributed by atoms with E-state index < -0.39 is 0 Å². The molecule has 0 aliphatic heterocycles. The fourth-order valence-corrected chi connectivity index (χ4v) is 5.05. The number of fused-ring (bicyclic) bond motifs is 3. The quantitative estimate of drug-likeness (QED) is 0.509. The summed E-state index contributed by atoms with van der Waals surface area (Å²) in [6.45, 7) is 2.23. The molecule has 0 amide bonds. The number of carbonyl (C=O) groups excluding carboxylic acids is 1. The average Bonchev–Trinajstić information content (AvgIpc) is 3.18. The van der Waals surface area contributed by atoms with E-state index in [1.165, 1.54) is 54.4 Å². The van der Waals surface area contributed by atoms with E-state index in [0.717, 1.165) is 47.3 Å². The number of aldehydes is 1. The van der Waals surface area contributed by atoms with Crippen LogP contribution in [0, 0.1) is 6.92 Å². The highest BCUT2D eigenvalue weighted by Crippen LogP contribution is 2.40. The van der Waals surface area contributed by atoms with E-state index in [-0.39, 0.29) is 0 Å². The van der Waals surface area contributed by atoms with Gasteiger partial charge in [0.15, 0.2) is 5.76 Å². The van der Waals surface area contributed by atoms with Crippen molar-refractivity contribution in [2.24, 2.45) is 0 Å². The summed E-state index contributed by atoms with van der Waals surface area (Å²) in [7, 11) is 0. The molecule has 1 heterocycles. The molecule has 2 aromatic carbocycles. The largest absolute Gasteiger partial charge is 0.355 e. The van der Waals surface area contributed by atoms with Crippen molar-refractivity contribution in [3.63, 3.8) is 0 Å². The Hall–Kier alpha value is -2.68. The molecule has 0 N–H and O–H groups in total. The zero-order valence-corrected chi connectivity index (χ0v) is 16.3. The van der Waals surface area contributed by atoms with Gasteiger partial charge < -0.3 is 4.52 Å². The van der Waals surface area contributed by atoms with Crippen molar-refractivity contribution in [2.75, 3.05) is 0 Å². The Morgan fingerprint density at radius 1 is 1.04 bits per heavy atom. The van der Waals surface area contributed by atoms with E-state index in [0.29, 0.717) is 5.92 Å². The van der Waals surface area contributed by atoms with Gasteiger partial charge in [0.2, 0.25) is 0 Å². The summed E-state index contributed by atoms with van der Waals surface area (Å²) in [6.07, 6.45) is 9.44. The first kappa shape index (κ1) is 17.4. The molecule has 1 aromatic heterocycles. The van der Waals surface area contributed by atoms with E-state index in [4.69, 9.17) is 4.52 Å². The van der Waals surface area contributed by atoms with Gasteiger partial charge in [-0.3, -0.25) is 4.79 Å². The van der Waals surface area contributed by atoms with Crippen LogP contribution in [-0.4, -0.2) is 11.4 Å². The molecule has 0 spiro atoms. The van der Waals surface area contributed by atoms with Crippen molar-refractivity contribution in [3.8, 4) is 22.6 Å². The smallest absolute Gasteiger partial charge is 0.170 e. The van der Waals surface area contributed by atoms with Crippen LogP contribution in [0.25, 0.3) is 22.6 Å². The van der Waals surface area contributed by atoms with Crippen molar-refractivity contribution in [1.82, 2.24) is 5.16 Å². The van der Waals surface area contributed by atoms with Crippen LogP contribution in [0.2, 0.25) is 0 Å². The van der Waals surface area contributed by atoms with Gasteiger partial charge in [-0.15, -0.1) is 0 Å². The number of aryl methyl sites for hydroxylation is 2. The molecule has 0 saturated heterocycles. The fourth-order valence-electron chi connectivity index (χ4n) is 5.05. The van der Waals surface area contributed by atoms with Crippen LogP contribution in [0.5, 0.6) is 0 Å². The first-order chi connectivity index (χ1) is 13.7. The molecule has 2 aliphatic rings. The summed E-state index contributed by atoms with van der Waals surface area (Å²) in [6, 6.07) is 12.6. The minimum Gasteiger partial charge on any atom is -0.355 e. The maximum absolute atomic E-state index is 11.1. The minimum absolute atomic E-state index is 0.713. The Bertz CT molecular complexity index is 1040. The molecule has 1 fully saturated rings. The minimum atomic E-state index is 0.713. The summed E-state index contributed by atoms with van der Waals surface area (Å²) in [5.41, 5.74) is 9.11. The average molecular weight is 371 g/mol.